The summed E-state index contributed by atoms with van der Waals surface area (Å²) in [6.45, 7) is 6.36. The Hall–Kier alpha value is -0.680. The molecule has 2 rings (SSSR count). The maximum atomic E-state index is 12.1. The lowest BCUT2D eigenvalue weighted by Crippen LogP contribution is -2.23. The van der Waals surface area contributed by atoms with Gasteiger partial charge in [-0.25, -0.2) is 4.21 Å². The van der Waals surface area contributed by atoms with Crippen molar-refractivity contribution in [3.8, 4) is 5.75 Å². The second-order valence-corrected chi connectivity index (χ2v) is 7.96. The first-order chi connectivity index (χ1) is 8.38. The second kappa shape index (κ2) is 5.13. The van der Waals surface area contributed by atoms with Gasteiger partial charge in [0.2, 0.25) is 0 Å². The number of hydrogen-bond acceptors (Lipinski definition) is 2. The van der Waals surface area contributed by atoms with Crippen LogP contribution < -0.4 is 4.74 Å². The maximum absolute atomic E-state index is 12.1. The van der Waals surface area contributed by atoms with Crippen LogP contribution in [-0.2, 0) is 11.0 Å². The Balaban J connectivity index is 2.39. The topological polar surface area (TPSA) is 38.7 Å². The quantitative estimate of drug-likeness (QED) is 0.791. The molecule has 1 atom stereocenters. The highest BCUT2D eigenvalue weighted by Crippen LogP contribution is 2.29. The molecule has 0 spiro atoms. The van der Waals surface area contributed by atoms with E-state index in [2.05, 4.69) is 20.3 Å². The van der Waals surface area contributed by atoms with Gasteiger partial charge in [-0.05, 0) is 39.0 Å². The summed E-state index contributed by atoms with van der Waals surface area (Å²) in [5.74, 6) is 0.806. The van der Waals surface area contributed by atoms with E-state index in [0.29, 0.717) is 13.0 Å². The van der Waals surface area contributed by atoms with Crippen LogP contribution in [-0.4, -0.2) is 21.3 Å². The molecule has 0 saturated carbocycles. The molecule has 1 aromatic carbocycles. The molecule has 0 amide bonds. The lowest BCUT2D eigenvalue weighted by molar-refractivity contribution is 0.320. The number of ether oxygens (including phenoxy) is 1. The number of halogens is 1. The van der Waals surface area contributed by atoms with Crippen LogP contribution in [0.15, 0.2) is 27.1 Å². The Morgan fingerprint density at radius 1 is 1.39 bits per heavy atom. The van der Waals surface area contributed by atoms with E-state index in [1.54, 1.807) is 0 Å². The molecule has 0 bridgehead atoms. The zero-order valence-corrected chi connectivity index (χ0v) is 13.1. The average molecular weight is 330 g/mol. The number of hydrogen-bond donors (Lipinski definition) is 0. The molecule has 3 nitrogen and oxygen atoms in total. The van der Waals surface area contributed by atoms with Crippen molar-refractivity contribution in [3.63, 3.8) is 0 Å². The first-order valence-corrected chi connectivity index (χ1v) is 7.70. The van der Waals surface area contributed by atoms with Crippen molar-refractivity contribution in [2.75, 3.05) is 6.61 Å². The minimum Gasteiger partial charge on any atom is -0.492 e. The first kappa shape index (κ1) is 13.7. The van der Waals surface area contributed by atoms with E-state index in [-0.39, 0.29) is 4.75 Å². The van der Waals surface area contributed by atoms with Gasteiger partial charge >= 0.3 is 0 Å². The first-order valence-electron chi connectivity index (χ1n) is 5.80. The zero-order chi connectivity index (χ0) is 13.3. The van der Waals surface area contributed by atoms with Crippen LogP contribution in [0.3, 0.4) is 0 Å². The maximum Gasteiger partial charge on any atom is 0.145 e. The highest BCUT2D eigenvalue weighted by Gasteiger charge is 2.23. The normalized spacial score (nSPS) is 19.2. The van der Waals surface area contributed by atoms with Gasteiger partial charge in [-0.15, -0.1) is 0 Å². The third-order valence-corrected chi connectivity index (χ3v) is 4.50. The van der Waals surface area contributed by atoms with Gasteiger partial charge in [-0.2, -0.15) is 4.40 Å². The predicted molar refractivity (Wildman–Crippen MR) is 78.7 cm³/mol. The van der Waals surface area contributed by atoms with Gasteiger partial charge in [0.25, 0.3) is 0 Å². The molecule has 0 N–H and O–H groups in total. The molecule has 1 aliphatic heterocycles. The minimum absolute atomic E-state index is 0.333. The Kier molecular flexibility index (Phi) is 3.92. The van der Waals surface area contributed by atoms with Crippen LogP contribution in [0, 0.1) is 0 Å². The van der Waals surface area contributed by atoms with Gasteiger partial charge in [0, 0.05) is 16.5 Å². The largest absolute Gasteiger partial charge is 0.492 e. The van der Waals surface area contributed by atoms with Crippen molar-refractivity contribution in [3.05, 3.63) is 28.2 Å². The molecule has 0 unspecified atom stereocenters. The van der Waals surface area contributed by atoms with Gasteiger partial charge in [-0.3, -0.25) is 0 Å². The Morgan fingerprint density at radius 2 is 2.11 bits per heavy atom. The molecule has 0 fully saturated rings. The summed E-state index contributed by atoms with van der Waals surface area (Å²) in [5, 5.41) is 0. The summed E-state index contributed by atoms with van der Waals surface area (Å²) in [6, 6.07) is 5.82. The fourth-order valence-corrected chi connectivity index (χ4v) is 2.58. The number of benzene rings is 1. The lowest BCUT2D eigenvalue weighted by atomic mass is 10.0. The molecule has 98 valence electrons. The Labute approximate surface area is 118 Å². The van der Waals surface area contributed by atoms with E-state index >= 15 is 0 Å². The van der Waals surface area contributed by atoms with E-state index in [0.717, 1.165) is 21.5 Å². The molecular weight excluding hydrogens is 314 g/mol. The molecular formula is C13H16BrNO2S. The highest BCUT2D eigenvalue weighted by atomic mass is 79.9. The van der Waals surface area contributed by atoms with Crippen LogP contribution in [0.25, 0.3) is 0 Å². The molecule has 5 heteroatoms. The molecule has 0 aliphatic carbocycles. The number of nitrogens with zero attached hydrogens (tertiary/aromatic N) is 1. The smallest absolute Gasteiger partial charge is 0.145 e. The number of rotatable bonds is 1. The van der Waals surface area contributed by atoms with E-state index < -0.39 is 11.0 Å². The van der Waals surface area contributed by atoms with Crippen molar-refractivity contribution in [1.29, 1.82) is 0 Å². The predicted octanol–water partition coefficient (Wildman–Crippen LogP) is 3.48. The summed E-state index contributed by atoms with van der Waals surface area (Å²) in [5.41, 5.74) is 1.82. The average Bonchev–Trinajstić information content (AvgIpc) is 2.27. The summed E-state index contributed by atoms with van der Waals surface area (Å²) < 4.78 is 22.7. The Morgan fingerprint density at radius 3 is 2.78 bits per heavy atom. The fourth-order valence-electron chi connectivity index (χ4n) is 1.58. The van der Waals surface area contributed by atoms with Crippen molar-refractivity contribution in [2.45, 2.75) is 31.9 Å². The van der Waals surface area contributed by atoms with Crippen LogP contribution in [0.5, 0.6) is 5.75 Å². The summed E-state index contributed by atoms with van der Waals surface area (Å²) in [6.07, 6.45) is 0.705. The van der Waals surface area contributed by atoms with E-state index in [1.165, 1.54) is 0 Å². The van der Waals surface area contributed by atoms with Gasteiger partial charge < -0.3 is 4.74 Å². The van der Waals surface area contributed by atoms with E-state index in [4.69, 9.17) is 4.74 Å². The summed E-state index contributed by atoms with van der Waals surface area (Å²) in [7, 11) is -1.23. The molecule has 0 saturated heterocycles. The van der Waals surface area contributed by atoms with E-state index in [9.17, 15) is 4.21 Å². The summed E-state index contributed by atoms with van der Waals surface area (Å²) in [4.78, 5) is 0. The highest BCUT2D eigenvalue weighted by molar-refractivity contribution is 9.10. The van der Waals surface area contributed by atoms with Crippen LogP contribution in [0.2, 0.25) is 0 Å². The van der Waals surface area contributed by atoms with Gasteiger partial charge in [0.15, 0.2) is 0 Å². The summed E-state index contributed by atoms with van der Waals surface area (Å²) >= 11 is 3.41. The van der Waals surface area contributed by atoms with Crippen LogP contribution in [0.4, 0.5) is 0 Å². The van der Waals surface area contributed by atoms with E-state index in [1.807, 2.05) is 39.0 Å². The van der Waals surface area contributed by atoms with Crippen molar-refractivity contribution >= 4 is 32.6 Å². The third kappa shape index (κ3) is 3.01. The monoisotopic (exact) mass is 329 g/mol. The number of fused-ring (bicyclic) bond motifs is 1. The van der Waals surface area contributed by atoms with Gasteiger partial charge in [0.05, 0.1) is 17.1 Å². The lowest BCUT2D eigenvalue weighted by Gasteiger charge is -2.21. The standard InChI is InChI=1S/C13H16BrNO2S/c1-13(2,3)18(16)15-11-6-7-17-12-8-9(14)4-5-10(11)12/h4-5,8H,6-7H2,1-3H3/t18-/m0/s1. The SMILES string of the molecule is CC(C)(C)[S@](=O)N=C1CCOc2cc(Br)ccc21. The van der Waals surface area contributed by atoms with Gasteiger partial charge in [-0.1, -0.05) is 15.9 Å². The molecule has 1 aliphatic rings. The zero-order valence-electron chi connectivity index (χ0n) is 10.7. The minimum atomic E-state index is -1.23. The Bertz CT molecular complexity index is 520. The van der Waals surface area contributed by atoms with Crippen molar-refractivity contribution in [1.82, 2.24) is 0 Å². The third-order valence-electron chi connectivity index (χ3n) is 2.57. The molecule has 0 radical (unpaired) electrons. The van der Waals surface area contributed by atoms with Crippen LogP contribution >= 0.6 is 15.9 Å². The van der Waals surface area contributed by atoms with Crippen LogP contribution in [0.1, 0.15) is 32.8 Å². The van der Waals surface area contributed by atoms with Gasteiger partial charge in [0.1, 0.15) is 16.7 Å². The molecule has 1 heterocycles. The fraction of sp³-hybridized carbons (Fsp3) is 0.462. The molecule has 1 aromatic rings. The van der Waals surface area contributed by atoms with Crippen molar-refractivity contribution < 1.29 is 8.95 Å². The molecule has 18 heavy (non-hydrogen) atoms. The molecule has 0 aromatic heterocycles. The van der Waals surface area contributed by atoms with Crippen molar-refractivity contribution in [2.24, 2.45) is 4.40 Å². The second-order valence-electron chi connectivity index (χ2n) is 5.14.